The third kappa shape index (κ3) is 6.70. The largest absolute Gasteiger partial charge is 0.468 e. The van der Waals surface area contributed by atoms with Gasteiger partial charge in [-0.1, -0.05) is 30.3 Å². The van der Waals surface area contributed by atoms with Crippen LogP contribution < -0.4 is 5.73 Å². The second-order valence-electron chi connectivity index (χ2n) is 8.09. The second-order valence-corrected chi connectivity index (χ2v) is 8.09. The molecule has 9 nitrogen and oxygen atoms in total. The summed E-state index contributed by atoms with van der Waals surface area (Å²) in [6.45, 7) is 6.73. The van der Waals surface area contributed by atoms with Crippen molar-refractivity contribution >= 4 is 18.0 Å². The predicted molar refractivity (Wildman–Crippen MR) is 109 cm³/mol. The van der Waals surface area contributed by atoms with Crippen LogP contribution in [-0.2, 0) is 30.4 Å². The Balaban J connectivity index is 1.94. The van der Waals surface area contributed by atoms with Crippen molar-refractivity contribution in [2.75, 3.05) is 33.3 Å². The summed E-state index contributed by atoms with van der Waals surface area (Å²) < 4.78 is 15.5. The molecule has 0 radical (unpaired) electrons. The molecule has 1 aromatic carbocycles. The van der Waals surface area contributed by atoms with E-state index in [1.807, 2.05) is 30.3 Å². The number of nitrogens with zero attached hydrogens (tertiary/aromatic N) is 2. The van der Waals surface area contributed by atoms with Gasteiger partial charge in [0, 0.05) is 26.2 Å². The number of piperazine rings is 1. The van der Waals surface area contributed by atoms with Crippen molar-refractivity contribution in [3.05, 3.63) is 35.9 Å². The SMILES string of the molecule is COC(=O)C([C@H](N)C(=O)OC(C)(C)C)N1CCN(C(=O)OCc2ccccc2)CC1. The number of benzene rings is 1. The highest BCUT2D eigenvalue weighted by molar-refractivity contribution is 5.87. The van der Waals surface area contributed by atoms with Gasteiger partial charge in [0.15, 0.2) is 0 Å². The van der Waals surface area contributed by atoms with Crippen molar-refractivity contribution < 1.29 is 28.6 Å². The minimum atomic E-state index is -1.20. The van der Waals surface area contributed by atoms with Crippen LogP contribution in [0.1, 0.15) is 26.3 Å². The third-order valence-electron chi connectivity index (χ3n) is 4.63. The van der Waals surface area contributed by atoms with Crippen LogP contribution in [0.5, 0.6) is 0 Å². The maximum Gasteiger partial charge on any atom is 0.410 e. The lowest BCUT2D eigenvalue weighted by atomic mass is 10.1. The van der Waals surface area contributed by atoms with E-state index < -0.39 is 35.7 Å². The molecule has 2 rings (SSSR count). The molecule has 1 amide bonds. The highest BCUT2D eigenvalue weighted by atomic mass is 16.6. The number of ether oxygens (including phenoxy) is 3. The fraction of sp³-hybridized carbons (Fsp3) is 0.571. The quantitative estimate of drug-likeness (QED) is 0.538. The van der Waals surface area contributed by atoms with Crippen LogP contribution in [0.4, 0.5) is 4.79 Å². The van der Waals surface area contributed by atoms with Gasteiger partial charge < -0.3 is 24.8 Å². The normalized spacial score (nSPS) is 17.0. The van der Waals surface area contributed by atoms with Gasteiger partial charge >= 0.3 is 18.0 Å². The van der Waals surface area contributed by atoms with Gasteiger partial charge in [0.1, 0.15) is 24.3 Å². The van der Waals surface area contributed by atoms with Gasteiger partial charge in [-0.3, -0.25) is 14.5 Å². The molecule has 166 valence electrons. The van der Waals surface area contributed by atoms with Crippen molar-refractivity contribution in [1.82, 2.24) is 9.80 Å². The van der Waals surface area contributed by atoms with Crippen LogP contribution in [-0.4, -0.2) is 78.8 Å². The summed E-state index contributed by atoms with van der Waals surface area (Å²) in [5.41, 5.74) is 6.24. The van der Waals surface area contributed by atoms with E-state index in [2.05, 4.69) is 0 Å². The zero-order chi connectivity index (χ0) is 22.3. The van der Waals surface area contributed by atoms with Gasteiger partial charge in [-0.15, -0.1) is 0 Å². The fourth-order valence-corrected chi connectivity index (χ4v) is 3.14. The average Bonchev–Trinajstić information content (AvgIpc) is 2.72. The molecule has 2 atom stereocenters. The molecular formula is C21H31N3O6. The number of hydrogen-bond donors (Lipinski definition) is 1. The van der Waals surface area contributed by atoms with Gasteiger partial charge in [0.2, 0.25) is 0 Å². The Bertz CT molecular complexity index is 726. The molecule has 1 aromatic rings. The molecule has 0 bridgehead atoms. The van der Waals surface area contributed by atoms with Crippen LogP contribution in [0.3, 0.4) is 0 Å². The van der Waals surface area contributed by atoms with Crippen LogP contribution >= 0.6 is 0 Å². The summed E-state index contributed by atoms with van der Waals surface area (Å²) in [4.78, 5) is 40.4. The first-order chi connectivity index (χ1) is 14.1. The van der Waals surface area contributed by atoms with E-state index in [1.54, 1.807) is 30.6 Å². The summed E-state index contributed by atoms with van der Waals surface area (Å²) in [6, 6.07) is 7.21. The Morgan fingerprint density at radius 3 is 2.17 bits per heavy atom. The Hall–Kier alpha value is -2.65. The molecular weight excluding hydrogens is 390 g/mol. The minimum Gasteiger partial charge on any atom is -0.468 e. The molecule has 0 aromatic heterocycles. The van der Waals surface area contributed by atoms with E-state index >= 15 is 0 Å². The Labute approximate surface area is 177 Å². The highest BCUT2D eigenvalue weighted by Crippen LogP contribution is 2.15. The highest BCUT2D eigenvalue weighted by Gasteiger charge is 2.40. The molecule has 2 N–H and O–H groups in total. The Morgan fingerprint density at radius 2 is 1.63 bits per heavy atom. The van der Waals surface area contributed by atoms with Gasteiger partial charge in [0.05, 0.1) is 7.11 Å². The summed E-state index contributed by atoms with van der Waals surface area (Å²) in [5.74, 6) is -1.30. The average molecular weight is 421 g/mol. The van der Waals surface area contributed by atoms with Crippen molar-refractivity contribution in [3.63, 3.8) is 0 Å². The molecule has 1 heterocycles. The Morgan fingerprint density at radius 1 is 1.03 bits per heavy atom. The van der Waals surface area contributed by atoms with Crippen molar-refractivity contribution in [1.29, 1.82) is 0 Å². The van der Waals surface area contributed by atoms with Gasteiger partial charge in [-0.25, -0.2) is 4.79 Å². The Kier molecular flexibility index (Phi) is 8.19. The molecule has 30 heavy (non-hydrogen) atoms. The second kappa shape index (κ2) is 10.4. The number of carbonyl (C=O) groups excluding carboxylic acids is 3. The maximum absolute atomic E-state index is 12.4. The monoisotopic (exact) mass is 421 g/mol. The molecule has 9 heteroatoms. The lowest BCUT2D eigenvalue weighted by Gasteiger charge is -2.39. The van der Waals surface area contributed by atoms with Gasteiger partial charge in [-0.05, 0) is 26.3 Å². The maximum atomic E-state index is 12.4. The van der Waals surface area contributed by atoms with Crippen LogP contribution in [0.25, 0.3) is 0 Å². The number of amides is 1. The first-order valence-electron chi connectivity index (χ1n) is 9.88. The number of nitrogens with two attached hydrogens (primary N) is 1. The van der Waals surface area contributed by atoms with E-state index in [0.717, 1.165) is 5.56 Å². The molecule has 1 unspecified atom stereocenters. The van der Waals surface area contributed by atoms with E-state index in [9.17, 15) is 14.4 Å². The van der Waals surface area contributed by atoms with E-state index in [1.165, 1.54) is 7.11 Å². The first kappa shape index (κ1) is 23.6. The summed E-state index contributed by atoms with van der Waals surface area (Å²) in [7, 11) is 1.24. The minimum absolute atomic E-state index is 0.189. The topological polar surface area (TPSA) is 111 Å². The predicted octanol–water partition coefficient (Wildman–Crippen LogP) is 1.15. The smallest absolute Gasteiger partial charge is 0.410 e. The fourth-order valence-electron chi connectivity index (χ4n) is 3.14. The number of esters is 2. The molecule has 1 aliphatic rings. The number of hydrogen-bond acceptors (Lipinski definition) is 8. The van der Waals surface area contributed by atoms with E-state index in [-0.39, 0.29) is 6.61 Å². The molecule has 0 saturated carbocycles. The number of methoxy groups -OCH3 is 1. The molecule has 1 fully saturated rings. The van der Waals surface area contributed by atoms with Crippen LogP contribution in [0.15, 0.2) is 30.3 Å². The molecule has 0 aliphatic carbocycles. The molecule has 0 spiro atoms. The summed E-state index contributed by atoms with van der Waals surface area (Å²) >= 11 is 0. The van der Waals surface area contributed by atoms with Crippen molar-refractivity contribution in [2.24, 2.45) is 5.73 Å². The summed E-state index contributed by atoms with van der Waals surface area (Å²) in [6.07, 6.45) is -0.426. The van der Waals surface area contributed by atoms with Gasteiger partial charge in [0.25, 0.3) is 0 Å². The first-order valence-corrected chi connectivity index (χ1v) is 9.88. The number of carbonyl (C=O) groups is 3. The molecule has 1 saturated heterocycles. The lowest BCUT2D eigenvalue weighted by molar-refractivity contribution is -0.164. The van der Waals surface area contributed by atoms with E-state index in [4.69, 9.17) is 19.9 Å². The number of rotatable bonds is 6. The van der Waals surface area contributed by atoms with Crippen LogP contribution in [0, 0.1) is 0 Å². The summed E-state index contributed by atoms with van der Waals surface area (Å²) in [5, 5.41) is 0. The van der Waals surface area contributed by atoms with E-state index in [0.29, 0.717) is 26.2 Å². The lowest BCUT2D eigenvalue weighted by Crippen LogP contribution is -2.62. The van der Waals surface area contributed by atoms with Crippen LogP contribution in [0.2, 0.25) is 0 Å². The zero-order valence-electron chi connectivity index (χ0n) is 18.0. The third-order valence-corrected chi connectivity index (χ3v) is 4.63. The standard InChI is InChI=1S/C21H31N3O6/c1-21(2,3)30-18(25)16(22)17(19(26)28-4)23-10-12-24(13-11-23)20(27)29-14-15-8-6-5-7-9-15/h5-9,16-17H,10-14,22H2,1-4H3/t16-,17?/m0/s1. The van der Waals surface area contributed by atoms with Gasteiger partial charge in [-0.2, -0.15) is 0 Å². The molecule has 1 aliphatic heterocycles. The zero-order valence-corrected chi connectivity index (χ0v) is 18.0. The van der Waals surface area contributed by atoms with Crippen molar-refractivity contribution in [3.8, 4) is 0 Å². The van der Waals surface area contributed by atoms with Crippen molar-refractivity contribution in [2.45, 2.75) is 45.1 Å².